The zero-order valence-corrected chi connectivity index (χ0v) is 5.78. The molecule has 0 aliphatic carbocycles. The van der Waals surface area contributed by atoms with Crippen molar-refractivity contribution in [3.63, 3.8) is 0 Å². The summed E-state index contributed by atoms with van der Waals surface area (Å²) < 4.78 is 13.4. The fourth-order valence-corrected chi connectivity index (χ4v) is 1.37. The smallest absolute Gasteiger partial charge is 0.153 e. The number of hydrogen-bond acceptors (Lipinski definition) is 2. The van der Waals surface area contributed by atoms with Crippen LogP contribution in [0.1, 0.15) is 0 Å². The van der Waals surface area contributed by atoms with Crippen LogP contribution in [0.25, 0.3) is 10.2 Å². The lowest BCUT2D eigenvalue weighted by molar-refractivity contribution is 0.629. The lowest BCUT2D eigenvalue weighted by Crippen LogP contribution is -1.70. The normalized spacial score (nSPS) is 10.5. The number of rotatable bonds is 0. The summed E-state index contributed by atoms with van der Waals surface area (Å²) in [6.45, 7) is 0. The van der Waals surface area contributed by atoms with Crippen molar-refractivity contribution in [2.24, 2.45) is 0 Å². The van der Waals surface area contributed by atoms with E-state index in [9.17, 15) is 4.39 Å². The third-order valence-electron chi connectivity index (χ3n) is 1.24. The number of thiazole rings is 1. The van der Waals surface area contributed by atoms with Crippen molar-refractivity contribution in [3.05, 3.63) is 29.5 Å². The molecule has 0 spiro atoms. The minimum absolute atomic E-state index is 0.244. The van der Waals surface area contributed by atoms with Gasteiger partial charge in [0.25, 0.3) is 0 Å². The van der Waals surface area contributed by atoms with Crippen LogP contribution in [0.5, 0.6) is 0 Å². The molecule has 1 aromatic heterocycles. The van der Waals surface area contributed by atoms with Gasteiger partial charge >= 0.3 is 0 Å². The van der Waals surface area contributed by atoms with E-state index in [0.29, 0.717) is 5.52 Å². The van der Waals surface area contributed by atoms with Crippen LogP contribution >= 0.6 is 11.3 Å². The second kappa shape index (κ2) is 2.02. The van der Waals surface area contributed by atoms with E-state index in [0.717, 1.165) is 4.70 Å². The lowest BCUT2D eigenvalue weighted by Gasteiger charge is -1.85. The largest absolute Gasteiger partial charge is 0.233 e. The topological polar surface area (TPSA) is 12.9 Å². The monoisotopic (exact) mass is 152 g/mol. The van der Waals surface area contributed by atoms with Gasteiger partial charge in [-0.1, -0.05) is 0 Å². The molecule has 1 nitrogen and oxygen atoms in total. The predicted molar refractivity (Wildman–Crippen MR) is 38.4 cm³/mol. The van der Waals surface area contributed by atoms with Gasteiger partial charge in [0.1, 0.15) is 5.82 Å². The second-order valence-corrected chi connectivity index (χ2v) is 2.74. The average molecular weight is 152 g/mol. The molecule has 2 aromatic rings. The maximum absolute atomic E-state index is 12.5. The Labute approximate surface area is 61.1 Å². The van der Waals surface area contributed by atoms with Crippen molar-refractivity contribution in [3.8, 4) is 0 Å². The van der Waals surface area contributed by atoms with E-state index in [-0.39, 0.29) is 5.82 Å². The molecule has 49 valence electrons. The third kappa shape index (κ3) is 0.789. The molecular weight excluding hydrogens is 149 g/mol. The summed E-state index contributed by atoms with van der Waals surface area (Å²) in [5, 5.41) is 0. The second-order valence-electron chi connectivity index (χ2n) is 1.92. The van der Waals surface area contributed by atoms with E-state index >= 15 is 0 Å². The number of nitrogens with zero attached hydrogens (tertiary/aromatic N) is 1. The Morgan fingerprint density at radius 3 is 3.30 bits per heavy atom. The highest BCUT2D eigenvalue weighted by atomic mass is 32.1. The molecule has 0 aliphatic heterocycles. The first-order chi connectivity index (χ1) is 4.86. The van der Waals surface area contributed by atoms with Crippen LogP contribution in [0.3, 0.4) is 0 Å². The molecule has 2 rings (SSSR count). The highest BCUT2D eigenvalue weighted by molar-refractivity contribution is 7.16. The standard InChI is InChI=1S/C7H3FNS/c8-5-1-2-7-6(3-5)9-4-10-7/h1-3H. The highest BCUT2D eigenvalue weighted by Gasteiger charge is 1.96. The van der Waals surface area contributed by atoms with Crippen LogP contribution in [0.4, 0.5) is 4.39 Å². The molecule has 0 N–H and O–H groups in total. The van der Waals surface area contributed by atoms with Crippen LogP contribution in [0.2, 0.25) is 0 Å². The van der Waals surface area contributed by atoms with Gasteiger partial charge in [-0.2, -0.15) is 0 Å². The summed E-state index contributed by atoms with van der Waals surface area (Å²) in [5.41, 5.74) is 3.38. The minimum Gasteiger partial charge on any atom is -0.233 e. The summed E-state index contributed by atoms with van der Waals surface area (Å²) in [6, 6.07) is 4.54. The van der Waals surface area contributed by atoms with E-state index in [1.807, 2.05) is 0 Å². The minimum atomic E-state index is -0.244. The number of fused-ring (bicyclic) bond motifs is 1. The molecule has 0 amide bonds. The summed E-state index contributed by atoms with van der Waals surface area (Å²) in [6.07, 6.45) is 0. The Morgan fingerprint density at radius 1 is 1.50 bits per heavy atom. The van der Waals surface area contributed by atoms with Gasteiger partial charge in [-0.05, 0) is 12.1 Å². The molecule has 0 atom stereocenters. The van der Waals surface area contributed by atoms with Gasteiger partial charge in [-0.15, -0.1) is 11.3 Å². The summed E-state index contributed by atoms with van der Waals surface area (Å²) in [7, 11) is 0. The summed E-state index contributed by atoms with van der Waals surface area (Å²) in [4.78, 5) is 3.83. The Bertz CT molecular complexity index is 355. The average Bonchev–Trinajstić information content (AvgIpc) is 2.33. The lowest BCUT2D eigenvalue weighted by atomic mass is 10.3. The summed E-state index contributed by atoms with van der Waals surface area (Å²) >= 11 is 1.39. The maximum Gasteiger partial charge on any atom is 0.153 e. The Balaban J connectivity index is 2.86. The highest BCUT2D eigenvalue weighted by Crippen LogP contribution is 2.17. The molecule has 1 radical (unpaired) electrons. The van der Waals surface area contributed by atoms with Gasteiger partial charge < -0.3 is 0 Å². The van der Waals surface area contributed by atoms with Crippen LogP contribution < -0.4 is 0 Å². The molecule has 10 heavy (non-hydrogen) atoms. The van der Waals surface area contributed by atoms with Gasteiger partial charge in [0.15, 0.2) is 5.51 Å². The van der Waals surface area contributed by atoms with Crippen molar-refractivity contribution in [1.82, 2.24) is 4.98 Å². The van der Waals surface area contributed by atoms with Crippen molar-refractivity contribution < 1.29 is 4.39 Å². The Morgan fingerprint density at radius 2 is 2.40 bits per heavy atom. The summed E-state index contributed by atoms with van der Waals surface area (Å²) in [5.74, 6) is -0.244. The third-order valence-corrected chi connectivity index (χ3v) is 1.99. The van der Waals surface area contributed by atoms with Crippen LogP contribution in [-0.2, 0) is 0 Å². The van der Waals surface area contributed by atoms with Crippen LogP contribution in [0, 0.1) is 11.3 Å². The fraction of sp³-hybridized carbons (Fsp3) is 0. The Hall–Kier alpha value is -0.960. The number of aromatic nitrogens is 1. The van der Waals surface area contributed by atoms with Gasteiger partial charge in [0.2, 0.25) is 0 Å². The molecule has 0 fully saturated rings. The van der Waals surface area contributed by atoms with Crippen molar-refractivity contribution >= 4 is 21.6 Å². The maximum atomic E-state index is 12.5. The molecule has 1 heterocycles. The molecule has 0 unspecified atom stereocenters. The van der Waals surface area contributed by atoms with Crippen LogP contribution in [0.15, 0.2) is 18.2 Å². The molecule has 3 heteroatoms. The van der Waals surface area contributed by atoms with Crippen molar-refractivity contribution in [1.29, 1.82) is 0 Å². The van der Waals surface area contributed by atoms with E-state index < -0.39 is 0 Å². The van der Waals surface area contributed by atoms with Gasteiger partial charge in [-0.3, -0.25) is 0 Å². The number of hydrogen-bond donors (Lipinski definition) is 0. The zero-order chi connectivity index (χ0) is 6.97. The first-order valence-electron chi connectivity index (χ1n) is 2.78. The quantitative estimate of drug-likeness (QED) is 0.564. The van der Waals surface area contributed by atoms with Gasteiger partial charge in [0.05, 0.1) is 10.2 Å². The van der Waals surface area contributed by atoms with Gasteiger partial charge in [-0.25, -0.2) is 9.37 Å². The molecular formula is C7H3FNS. The predicted octanol–water partition coefficient (Wildman–Crippen LogP) is 2.24. The molecule has 0 saturated carbocycles. The first kappa shape index (κ1) is 5.80. The Kier molecular flexibility index (Phi) is 1.17. The first-order valence-corrected chi connectivity index (χ1v) is 3.60. The molecule has 1 aromatic carbocycles. The van der Waals surface area contributed by atoms with E-state index in [1.54, 1.807) is 6.07 Å². The molecule has 0 saturated heterocycles. The van der Waals surface area contributed by atoms with E-state index in [1.165, 1.54) is 23.5 Å². The van der Waals surface area contributed by atoms with E-state index in [2.05, 4.69) is 10.5 Å². The van der Waals surface area contributed by atoms with Crippen LogP contribution in [-0.4, -0.2) is 4.98 Å². The molecule has 0 aliphatic rings. The van der Waals surface area contributed by atoms with E-state index in [4.69, 9.17) is 0 Å². The van der Waals surface area contributed by atoms with Crippen molar-refractivity contribution in [2.75, 3.05) is 0 Å². The number of halogens is 1. The zero-order valence-electron chi connectivity index (χ0n) is 4.97. The molecule has 0 bridgehead atoms. The SMILES string of the molecule is Fc1ccc2s[c]nc2c1. The van der Waals surface area contributed by atoms with Crippen molar-refractivity contribution in [2.45, 2.75) is 0 Å². The van der Waals surface area contributed by atoms with Gasteiger partial charge in [0, 0.05) is 6.07 Å². The number of benzene rings is 1. The fourth-order valence-electron chi connectivity index (χ4n) is 0.785.